The van der Waals surface area contributed by atoms with E-state index in [0.29, 0.717) is 10.6 Å². The number of hydrogen-bond acceptors (Lipinski definition) is 3. The second kappa shape index (κ2) is 7.56. The van der Waals surface area contributed by atoms with Crippen LogP contribution in [0, 0.1) is 0 Å². The molecule has 1 amide bonds. The lowest BCUT2D eigenvalue weighted by Gasteiger charge is -2.16. The third-order valence-electron chi connectivity index (χ3n) is 3.20. The number of carboxylic acid groups (broad SMARTS) is 1. The van der Waals surface area contributed by atoms with Crippen molar-refractivity contribution < 1.29 is 14.7 Å². The Morgan fingerprint density at radius 3 is 2.55 bits per heavy atom. The van der Waals surface area contributed by atoms with E-state index in [0.717, 1.165) is 5.56 Å². The number of carboxylic acids is 1. The second-order valence-corrected chi connectivity index (χ2v) is 5.23. The summed E-state index contributed by atoms with van der Waals surface area (Å²) in [5, 5.41) is 12.4. The summed E-state index contributed by atoms with van der Waals surface area (Å²) in [4.78, 5) is 26.9. The molecule has 1 unspecified atom stereocenters. The predicted molar refractivity (Wildman–Crippen MR) is 83.0 cm³/mol. The Labute approximate surface area is 133 Å². The molecule has 2 N–H and O–H groups in total. The molecule has 0 aliphatic rings. The Morgan fingerprint density at radius 1 is 1.23 bits per heavy atom. The van der Waals surface area contributed by atoms with Gasteiger partial charge < -0.3 is 10.4 Å². The molecule has 1 atom stereocenters. The monoisotopic (exact) mass is 318 g/mol. The lowest BCUT2D eigenvalue weighted by Crippen LogP contribution is -2.29. The van der Waals surface area contributed by atoms with Crippen LogP contribution in [0.15, 0.2) is 48.8 Å². The first-order valence-corrected chi connectivity index (χ1v) is 7.09. The van der Waals surface area contributed by atoms with Crippen LogP contribution in [0.5, 0.6) is 0 Å². The fourth-order valence-corrected chi connectivity index (χ4v) is 2.19. The number of hydrogen-bond donors (Lipinski definition) is 2. The number of nitrogens with zero attached hydrogens (tertiary/aromatic N) is 1. The van der Waals surface area contributed by atoms with E-state index in [-0.39, 0.29) is 24.8 Å². The number of rotatable bonds is 6. The molecule has 0 saturated carbocycles. The lowest BCUT2D eigenvalue weighted by atomic mass is 9.95. The summed E-state index contributed by atoms with van der Waals surface area (Å²) >= 11 is 5.84. The van der Waals surface area contributed by atoms with Gasteiger partial charge in [0.15, 0.2) is 0 Å². The molecule has 2 rings (SSSR count). The minimum Gasteiger partial charge on any atom is -0.481 e. The first kappa shape index (κ1) is 16.0. The average Bonchev–Trinajstić information content (AvgIpc) is 2.52. The van der Waals surface area contributed by atoms with E-state index < -0.39 is 5.97 Å². The van der Waals surface area contributed by atoms with Gasteiger partial charge in [-0.3, -0.25) is 14.6 Å². The largest absolute Gasteiger partial charge is 0.481 e. The summed E-state index contributed by atoms with van der Waals surface area (Å²) < 4.78 is 0. The van der Waals surface area contributed by atoms with Gasteiger partial charge in [-0.15, -0.1) is 0 Å². The zero-order valence-corrected chi connectivity index (χ0v) is 12.5. The number of carbonyl (C=O) groups is 2. The molecule has 0 spiro atoms. The van der Waals surface area contributed by atoms with Crippen LogP contribution in [0.4, 0.5) is 0 Å². The summed E-state index contributed by atoms with van der Waals surface area (Å²) in [6, 6.07) is 10.3. The molecule has 0 fully saturated rings. The van der Waals surface area contributed by atoms with E-state index in [1.807, 2.05) is 0 Å². The van der Waals surface area contributed by atoms with Crippen LogP contribution in [0.3, 0.4) is 0 Å². The van der Waals surface area contributed by atoms with Gasteiger partial charge in [0.2, 0.25) is 0 Å². The van der Waals surface area contributed by atoms with E-state index >= 15 is 0 Å². The highest BCUT2D eigenvalue weighted by Crippen LogP contribution is 2.21. The van der Waals surface area contributed by atoms with Crippen molar-refractivity contribution in [3.8, 4) is 0 Å². The minimum atomic E-state index is -0.921. The molecule has 1 heterocycles. The maximum atomic E-state index is 12.0. The van der Waals surface area contributed by atoms with E-state index in [9.17, 15) is 9.59 Å². The van der Waals surface area contributed by atoms with Crippen molar-refractivity contribution in [2.75, 3.05) is 6.54 Å². The van der Waals surface area contributed by atoms with Crippen LogP contribution in [-0.4, -0.2) is 28.5 Å². The molecule has 0 aliphatic carbocycles. The third kappa shape index (κ3) is 4.56. The fraction of sp³-hybridized carbons (Fsp3) is 0.188. The van der Waals surface area contributed by atoms with Crippen LogP contribution < -0.4 is 5.32 Å². The summed E-state index contributed by atoms with van der Waals surface area (Å²) in [6.45, 7) is 0.224. The number of aromatic nitrogens is 1. The number of pyridine rings is 1. The van der Waals surface area contributed by atoms with Crippen molar-refractivity contribution >= 4 is 23.5 Å². The Hall–Kier alpha value is -2.40. The first-order chi connectivity index (χ1) is 10.6. The van der Waals surface area contributed by atoms with Gasteiger partial charge in [0.1, 0.15) is 0 Å². The number of aliphatic carboxylic acids is 1. The van der Waals surface area contributed by atoms with Gasteiger partial charge in [-0.2, -0.15) is 0 Å². The summed E-state index contributed by atoms with van der Waals surface area (Å²) in [5.74, 6) is -1.52. The summed E-state index contributed by atoms with van der Waals surface area (Å²) in [5.41, 5.74) is 1.26. The highest BCUT2D eigenvalue weighted by Gasteiger charge is 2.17. The van der Waals surface area contributed by atoms with Gasteiger partial charge in [-0.05, 0) is 29.8 Å². The lowest BCUT2D eigenvalue weighted by molar-refractivity contribution is -0.137. The smallest absolute Gasteiger partial charge is 0.304 e. The van der Waals surface area contributed by atoms with Gasteiger partial charge in [0.05, 0.1) is 12.0 Å². The first-order valence-electron chi connectivity index (χ1n) is 6.71. The number of nitrogens with one attached hydrogen (secondary N) is 1. The van der Waals surface area contributed by atoms with Crippen LogP contribution in [0.25, 0.3) is 0 Å². The quantitative estimate of drug-likeness (QED) is 0.858. The highest BCUT2D eigenvalue weighted by molar-refractivity contribution is 6.30. The molecule has 114 valence electrons. The molecule has 1 aromatic heterocycles. The molecular weight excluding hydrogens is 304 g/mol. The molecule has 5 nitrogen and oxygen atoms in total. The summed E-state index contributed by atoms with van der Waals surface area (Å²) in [7, 11) is 0. The van der Waals surface area contributed by atoms with Gasteiger partial charge in [0.25, 0.3) is 5.91 Å². The van der Waals surface area contributed by atoms with E-state index in [4.69, 9.17) is 16.7 Å². The van der Waals surface area contributed by atoms with Crippen molar-refractivity contribution in [3.63, 3.8) is 0 Å². The van der Waals surface area contributed by atoms with Gasteiger partial charge >= 0.3 is 5.97 Å². The van der Waals surface area contributed by atoms with E-state index in [1.165, 1.54) is 6.20 Å². The third-order valence-corrected chi connectivity index (χ3v) is 3.45. The highest BCUT2D eigenvalue weighted by atomic mass is 35.5. The normalized spacial score (nSPS) is 11.7. The van der Waals surface area contributed by atoms with Crippen molar-refractivity contribution in [2.45, 2.75) is 12.3 Å². The summed E-state index contributed by atoms with van der Waals surface area (Å²) in [6.07, 6.45) is 2.97. The van der Waals surface area contributed by atoms with Crippen LogP contribution in [0.2, 0.25) is 5.02 Å². The van der Waals surface area contributed by atoms with E-state index in [1.54, 1.807) is 42.6 Å². The van der Waals surface area contributed by atoms with Crippen molar-refractivity contribution in [2.24, 2.45) is 0 Å². The maximum absolute atomic E-state index is 12.0. The number of carbonyl (C=O) groups excluding carboxylic acids is 1. The average molecular weight is 319 g/mol. The molecule has 1 aromatic carbocycles. The Morgan fingerprint density at radius 2 is 1.95 bits per heavy atom. The van der Waals surface area contributed by atoms with Crippen molar-refractivity contribution in [1.29, 1.82) is 0 Å². The van der Waals surface area contributed by atoms with E-state index in [2.05, 4.69) is 10.3 Å². The van der Waals surface area contributed by atoms with Crippen LogP contribution >= 0.6 is 11.6 Å². The Bertz CT molecular complexity index is 644. The van der Waals surface area contributed by atoms with Crippen molar-refractivity contribution in [1.82, 2.24) is 10.3 Å². The molecule has 0 bridgehead atoms. The van der Waals surface area contributed by atoms with Gasteiger partial charge in [0, 0.05) is 29.9 Å². The zero-order chi connectivity index (χ0) is 15.9. The Kier molecular flexibility index (Phi) is 5.49. The van der Waals surface area contributed by atoms with Crippen LogP contribution in [-0.2, 0) is 4.79 Å². The molecule has 2 aromatic rings. The molecule has 0 radical (unpaired) electrons. The second-order valence-electron chi connectivity index (χ2n) is 4.80. The maximum Gasteiger partial charge on any atom is 0.304 e. The number of benzene rings is 1. The SMILES string of the molecule is O=C(O)CC(CNC(=O)c1cccnc1)c1ccc(Cl)cc1. The predicted octanol–water partition coefficient (Wildman–Crippen LogP) is 2.72. The van der Waals surface area contributed by atoms with Gasteiger partial charge in [-0.1, -0.05) is 23.7 Å². The fourth-order valence-electron chi connectivity index (χ4n) is 2.07. The van der Waals surface area contributed by atoms with Crippen LogP contribution in [0.1, 0.15) is 28.3 Å². The number of amides is 1. The topological polar surface area (TPSA) is 79.3 Å². The molecule has 22 heavy (non-hydrogen) atoms. The minimum absolute atomic E-state index is 0.0745. The molecule has 6 heteroatoms. The molecule has 0 aliphatic heterocycles. The molecule has 0 saturated heterocycles. The Balaban J connectivity index is 2.05. The van der Waals surface area contributed by atoms with Crippen molar-refractivity contribution in [3.05, 3.63) is 64.9 Å². The molecular formula is C16H15ClN2O3. The zero-order valence-electron chi connectivity index (χ0n) is 11.7. The van der Waals surface area contributed by atoms with Gasteiger partial charge in [-0.25, -0.2) is 0 Å². The standard InChI is InChI=1S/C16H15ClN2O3/c17-14-5-3-11(4-6-14)13(8-15(20)21)10-19-16(22)12-2-1-7-18-9-12/h1-7,9,13H,8,10H2,(H,19,22)(H,20,21). The number of halogens is 1.